The number of fused-ring (bicyclic) bond motifs is 1. The van der Waals surface area contributed by atoms with Gasteiger partial charge in [0.15, 0.2) is 5.82 Å². The zero-order valence-electron chi connectivity index (χ0n) is 16.5. The number of hydrogen-bond donors (Lipinski definition) is 2. The molecule has 4 rings (SSSR count). The third-order valence-corrected chi connectivity index (χ3v) is 6.13. The predicted molar refractivity (Wildman–Crippen MR) is 116 cm³/mol. The fraction of sp³-hybridized carbons (Fsp3) is 0.286. The molecule has 2 unspecified atom stereocenters. The van der Waals surface area contributed by atoms with Gasteiger partial charge < -0.3 is 4.74 Å². The van der Waals surface area contributed by atoms with Crippen molar-refractivity contribution in [1.29, 1.82) is 5.26 Å². The van der Waals surface area contributed by atoms with Crippen molar-refractivity contribution < 1.29 is 13.5 Å². The molecular formula is C21H20N4O3S2. The van der Waals surface area contributed by atoms with Crippen LogP contribution < -0.4 is 9.46 Å². The zero-order chi connectivity index (χ0) is 21.3. The number of aromatic nitrogens is 2. The largest absolute Gasteiger partial charge is 0.489 e. The molecule has 1 heterocycles. The number of nitrogens with zero attached hydrogens (tertiary/aromatic N) is 3. The summed E-state index contributed by atoms with van der Waals surface area (Å²) in [5, 5.41) is 10.2. The Balaban J connectivity index is 1.73. The van der Waals surface area contributed by atoms with Gasteiger partial charge in [-0.2, -0.15) is 9.64 Å². The van der Waals surface area contributed by atoms with Crippen molar-refractivity contribution in [2.45, 2.75) is 38.8 Å². The molecule has 1 aliphatic rings. The molecule has 2 N–H and O–H groups in total. The first kappa shape index (κ1) is 20.6. The van der Waals surface area contributed by atoms with Crippen molar-refractivity contribution in [1.82, 2.24) is 14.1 Å². The Morgan fingerprint density at radius 3 is 2.80 bits per heavy atom. The van der Waals surface area contributed by atoms with Crippen LogP contribution in [-0.4, -0.2) is 24.2 Å². The molecule has 0 saturated carbocycles. The number of para-hydroxylation sites is 1. The molecule has 1 aromatic heterocycles. The molecule has 0 amide bonds. The van der Waals surface area contributed by atoms with Crippen LogP contribution in [0.25, 0.3) is 22.0 Å². The van der Waals surface area contributed by atoms with Gasteiger partial charge in [0.25, 0.3) is 0 Å². The third-order valence-electron chi connectivity index (χ3n) is 4.90. The van der Waals surface area contributed by atoms with E-state index in [9.17, 15) is 14.0 Å². The molecule has 2 atom stereocenters. The van der Waals surface area contributed by atoms with E-state index in [0.29, 0.717) is 22.7 Å². The molecule has 3 aromatic rings. The van der Waals surface area contributed by atoms with Gasteiger partial charge in [0.2, 0.25) is 11.3 Å². The first-order valence-electron chi connectivity index (χ1n) is 9.51. The molecule has 154 valence electrons. The maximum absolute atomic E-state index is 11.2. The van der Waals surface area contributed by atoms with E-state index in [2.05, 4.69) is 15.2 Å². The molecule has 7 nitrogen and oxygen atoms in total. The minimum atomic E-state index is -2.06. The van der Waals surface area contributed by atoms with Gasteiger partial charge in [-0.1, -0.05) is 24.3 Å². The number of ether oxygens (including phenoxy) is 1. The van der Waals surface area contributed by atoms with E-state index in [0.717, 1.165) is 34.5 Å². The SMILES string of the molecule is CC(C)Oc1c(C#N)cccc1-c1nsc(-c2cccc3c2CCC3NS(=O)O)n1. The van der Waals surface area contributed by atoms with Gasteiger partial charge in [-0.3, -0.25) is 4.55 Å². The molecule has 0 aliphatic heterocycles. The summed E-state index contributed by atoms with van der Waals surface area (Å²) in [7, 11) is 0. The summed E-state index contributed by atoms with van der Waals surface area (Å²) >= 11 is -0.771. The van der Waals surface area contributed by atoms with E-state index >= 15 is 0 Å². The number of benzene rings is 2. The van der Waals surface area contributed by atoms with Crippen LogP contribution in [-0.2, 0) is 17.7 Å². The van der Waals surface area contributed by atoms with Crippen molar-refractivity contribution in [2.75, 3.05) is 0 Å². The van der Waals surface area contributed by atoms with Gasteiger partial charge >= 0.3 is 0 Å². The van der Waals surface area contributed by atoms with Crippen LogP contribution in [0.1, 0.15) is 43.0 Å². The van der Waals surface area contributed by atoms with E-state index in [-0.39, 0.29) is 12.1 Å². The Bertz CT molecular complexity index is 1150. The van der Waals surface area contributed by atoms with Gasteiger partial charge in [-0.05, 0) is 61.5 Å². The summed E-state index contributed by atoms with van der Waals surface area (Å²) in [6.07, 6.45) is 1.46. The van der Waals surface area contributed by atoms with Gasteiger partial charge in [0, 0.05) is 11.6 Å². The number of nitriles is 1. The summed E-state index contributed by atoms with van der Waals surface area (Å²) in [4.78, 5) is 4.75. The second-order valence-electron chi connectivity index (χ2n) is 7.22. The van der Waals surface area contributed by atoms with Gasteiger partial charge in [0.05, 0.1) is 17.2 Å². The lowest BCUT2D eigenvalue weighted by molar-refractivity contribution is 0.242. The topological polar surface area (TPSA) is 108 Å². The fourth-order valence-corrected chi connectivity index (χ4v) is 4.92. The summed E-state index contributed by atoms with van der Waals surface area (Å²) in [6, 6.07) is 13.3. The molecule has 0 saturated heterocycles. The summed E-state index contributed by atoms with van der Waals surface area (Å²) in [5.41, 5.74) is 4.25. The Kier molecular flexibility index (Phi) is 5.92. The zero-order valence-corrected chi connectivity index (χ0v) is 18.1. The van der Waals surface area contributed by atoms with Crippen molar-refractivity contribution in [3.05, 3.63) is 53.1 Å². The molecule has 2 aromatic carbocycles. The van der Waals surface area contributed by atoms with Crippen LogP contribution in [0.5, 0.6) is 5.75 Å². The minimum Gasteiger partial charge on any atom is -0.489 e. The van der Waals surface area contributed by atoms with Gasteiger partial charge in [-0.15, -0.1) is 0 Å². The number of nitrogens with one attached hydrogen (secondary N) is 1. The molecule has 0 radical (unpaired) electrons. The Hall–Kier alpha value is -2.64. The standard InChI is InChI=1S/C21H20N4O3S2/c1-12(2)28-19-13(11-22)5-3-8-17(19)20-23-21(29-24-20)16-7-4-6-15-14(16)9-10-18(15)25-30(26)27/h3-8,12,18,25H,9-10H2,1-2H3,(H,26,27). The average molecular weight is 441 g/mol. The van der Waals surface area contributed by atoms with Crippen LogP contribution >= 0.6 is 11.5 Å². The van der Waals surface area contributed by atoms with Crippen molar-refractivity contribution in [3.63, 3.8) is 0 Å². The molecule has 0 bridgehead atoms. The Morgan fingerprint density at radius 1 is 1.30 bits per heavy atom. The summed E-state index contributed by atoms with van der Waals surface area (Å²) in [5.74, 6) is 1.01. The van der Waals surface area contributed by atoms with E-state index < -0.39 is 11.3 Å². The molecule has 0 spiro atoms. The van der Waals surface area contributed by atoms with E-state index in [1.165, 1.54) is 11.5 Å². The van der Waals surface area contributed by atoms with E-state index in [1.807, 2.05) is 38.1 Å². The smallest absolute Gasteiger partial charge is 0.232 e. The van der Waals surface area contributed by atoms with E-state index in [1.54, 1.807) is 12.1 Å². The molecule has 1 aliphatic carbocycles. The van der Waals surface area contributed by atoms with Gasteiger partial charge in [0.1, 0.15) is 16.8 Å². The lowest BCUT2D eigenvalue weighted by Gasteiger charge is -2.14. The summed E-state index contributed by atoms with van der Waals surface area (Å²) in [6.45, 7) is 3.82. The highest BCUT2D eigenvalue weighted by Crippen LogP contribution is 2.40. The Morgan fingerprint density at radius 2 is 2.07 bits per heavy atom. The van der Waals surface area contributed by atoms with Crippen LogP contribution in [0.15, 0.2) is 36.4 Å². The fourth-order valence-electron chi connectivity index (χ4n) is 3.70. The van der Waals surface area contributed by atoms with Crippen LogP contribution in [0.4, 0.5) is 0 Å². The van der Waals surface area contributed by atoms with Gasteiger partial charge in [-0.25, -0.2) is 13.9 Å². The van der Waals surface area contributed by atoms with Crippen molar-refractivity contribution >= 4 is 22.8 Å². The lowest BCUT2D eigenvalue weighted by Crippen LogP contribution is -2.20. The molecular weight excluding hydrogens is 420 g/mol. The normalized spacial score (nSPS) is 16.3. The maximum atomic E-state index is 11.2. The third kappa shape index (κ3) is 4.00. The second kappa shape index (κ2) is 8.62. The van der Waals surface area contributed by atoms with Crippen LogP contribution in [0.2, 0.25) is 0 Å². The summed E-state index contributed by atoms with van der Waals surface area (Å²) < 4.78 is 33.5. The molecule has 0 fully saturated rings. The van der Waals surface area contributed by atoms with Crippen LogP contribution in [0.3, 0.4) is 0 Å². The first-order valence-corrected chi connectivity index (χ1v) is 11.4. The maximum Gasteiger partial charge on any atom is 0.232 e. The quantitative estimate of drug-likeness (QED) is 0.555. The first-order chi connectivity index (χ1) is 14.5. The lowest BCUT2D eigenvalue weighted by atomic mass is 10.0. The number of rotatable bonds is 6. The van der Waals surface area contributed by atoms with Crippen LogP contribution in [0, 0.1) is 11.3 Å². The highest BCUT2D eigenvalue weighted by Gasteiger charge is 2.27. The van der Waals surface area contributed by atoms with Crippen molar-refractivity contribution in [3.8, 4) is 33.8 Å². The predicted octanol–water partition coefficient (Wildman–Crippen LogP) is 4.24. The molecule has 9 heteroatoms. The highest BCUT2D eigenvalue weighted by atomic mass is 32.2. The average Bonchev–Trinajstić information content (AvgIpc) is 3.35. The van der Waals surface area contributed by atoms with E-state index in [4.69, 9.17) is 9.72 Å². The minimum absolute atomic E-state index is 0.0877. The highest BCUT2D eigenvalue weighted by molar-refractivity contribution is 7.77. The van der Waals surface area contributed by atoms with Crippen molar-refractivity contribution in [2.24, 2.45) is 0 Å². The number of hydrogen-bond acceptors (Lipinski definition) is 6. The second-order valence-corrected chi connectivity index (χ2v) is 8.70. The Labute approximate surface area is 181 Å². The monoisotopic (exact) mass is 440 g/mol. The molecule has 30 heavy (non-hydrogen) atoms.